The van der Waals surface area contributed by atoms with Crippen LogP contribution in [0.3, 0.4) is 0 Å². The van der Waals surface area contributed by atoms with Gasteiger partial charge in [0.1, 0.15) is 6.04 Å². The number of aryl methyl sites for hydroxylation is 1. The van der Waals surface area contributed by atoms with Crippen molar-refractivity contribution < 1.29 is 9.59 Å². The average Bonchev–Trinajstić information content (AvgIpc) is 3.29. The zero-order chi connectivity index (χ0) is 18.5. The fraction of sp³-hybridized carbons (Fsp3) is 0.167. The fourth-order valence-corrected chi connectivity index (χ4v) is 3.58. The smallest absolute Gasteiger partial charge is 0.261 e. The van der Waals surface area contributed by atoms with E-state index in [1.54, 1.807) is 37.0 Å². The molecule has 0 saturated heterocycles. The molecule has 2 heterocycles. The lowest BCUT2D eigenvalue weighted by molar-refractivity contribution is -0.117. The highest BCUT2D eigenvalue weighted by Crippen LogP contribution is 2.26. The molecule has 2 amide bonds. The number of nitrogens with zero attached hydrogens (tertiary/aromatic N) is 2. The summed E-state index contributed by atoms with van der Waals surface area (Å²) in [5, 5.41) is 8.22. The van der Waals surface area contributed by atoms with Gasteiger partial charge in [0.25, 0.3) is 5.91 Å². The van der Waals surface area contributed by atoms with E-state index in [0.29, 0.717) is 10.6 Å². The molecule has 134 valence electrons. The second-order valence-electron chi connectivity index (χ2n) is 5.61. The lowest BCUT2D eigenvalue weighted by Gasteiger charge is -2.14. The van der Waals surface area contributed by atoms with E-state index < -0.39 is 6.04 Å². The second-order valence-corrected chi connectivity index (χ2v) is 7.60. The maximum atomic E-state index is 12.3. The molecule has 0 fully saturated rings. The number of benzene rings is 1. The standard InChI is InChI=1S/C18H18N4O2S2/c1-12(20-17(24)15-4-3-11-25-15)16(23)21-13-5-7-14(8-6-13)26-18-19-9-10-22(18)2/h3-12H,1-2H3,(H,20,24)(H,21,23). The summed E-state index contributed by atoms with van der Waals surface area (Å²) < 4.78 is 1.94. The van der Waals surface area contributed by atoms with Crippen molar-refractivity contribution in [1.29, 1.82) is 0 Å². The Hall–Kier alpha value is -2.58. The molecule has 26 heavy (non-hydrogen) atoms. The molecule has 3 aromatic rings. The van der Waals surface area contributed by atoms with Gasteiger partial charge in [-0.05, 0) is 42.6 Å². The summed E-state index contributed by atoms with van der Waals surface area (Å²) in [7, 11) is 1.94. The van der Waals surface area contributed by atoms with Crippen molar-refractivity contribution in [3.63, 3.8) is 0 Å². The predicted molar refractivity (Wildman–Crippen MR) is 104 cm³/mol. The molecule has 3 rings (SSSR count). The SMILES string of the molecule is CC(NC(=O)c1cccs1)C(=O)Nc1ccc(Sc2nccn2C)cc1. The summed E-state index contributed by atoms with van der Waals surface area (Å²) in [4.78, 5) is 30.1. The Morgan fingerprint density at radius 1 is 1.23 bits per heavy atom. The molecule has 0 aliphatic carbocycles. The Labute approximate surface area is 159 Å². The Bertz CT molecular complexity index is 888. The van der Waals surface area contributed by atoms with Crippen molar-refractivity contribution in [2.24, 2.45) is 7.05 Å². The first-order valence-electron chi connectivity index (χ1n) is 7.93. The molecular weight excluding hydrogens is 368 g/mol. The molecule has 0 saturated carbocycles. The first-order valence-corrected chi connectivity index (χ1v) is 9.63. The topological polar surface area (TPSA) is 76.0 Å². The first kappa shape index (κ1) is 18.2. The van der Waals surface area contributed by atoms with Gasteiger partial charge in [-0.1, -0.05) is 17.8 Å². The summed E-state index contributed by atoms with van der Waals surface area (Å²) in [6.07, 6.45) is 3.64. The van der Waals surface area contributed by atoms with Gasteiger partial charge in [0.05, 0.1) is 4.88 Å². The Morgan fingerprint density at radius 3 is 2.62 bits per heavy atom. The van der Waals surface area contributed by atoms with Gasteiger partial charge in [-0.2, -0.15) is 0 Å². The first-order chi connectivity index (χ1) is 12.5. The Balaban J connectivity index is 1.55. The van der Waals surface area contributed by atoms with E-state index in [0.717, 1.165) is 10.1 Å². The largest absolute Gasteiger partial charge is 0.340 e. The minimum atomic E-state index is -0.633. The lowest BCUT2D eigenvalue weighted by atomic mass is 10.2. The molecule has 2 aromatic heterocycles. The van der Waals surface area contributed by atoms with Crippen LogP contribution in [0.1, 0.15) is 16.6 Å². The quantitative estimate of drug-likeness (QED) is 0.681. The van der Waals surface area contributed by atoms with Crippen LogP contribution in [-0.4, -0.2) is 27.4 Å². The van der Waals surface area contributed by atoms with Crippen molar-refractivity contribution in [2.45, 2.75) is 23.0 Å². The van der Waals surface area contributed by atoms with Gasteiger partial charge >= 0.3 is 0 Å². The van der Waals surface area contributed by atoms with Gasteiger partial charge in [-0.15, -0.1) is 11.3 Å². The number of carbonyl (C=O) groups is 2. The van der Waals surface area contributed by atoms with Gasteiger partial charge < -0.3 is 15.2 Å². The maximum absolute atomic E-state index is 12.3. The number of imidazole rings is 1. The number of carbonyl (C=O) groups excluding carboxylic acids is 2. The number of aromatic nitrogens is 2. The van der Waals surface area contributed by atoms with Crippen LogP contribution in [0, 0.1) is 0 Å². The monoisotopic (exact) mass is 386 g/mol. The molecule has 0 bridgehead atoms. The highest BCUT2D eigenvalue weighted by molar-refractivity contribution is 7.99. The third-order valence-corrected chi connectivity index (χ3v) is 5.55. The summed E-state index contributed by atoms with van der Waals surface area (Å²) in [5.74, 6) is -0.510. The van der Waals surface area contributed by atoms with E-state index in [1.165, 1.54) is 11.3 Å². The lowest BCUT2D eigenvalue weighted by Crippen LogP contribution is -2.41. The number of nitrogens with one attached hydrogen (secondary N) is 2. The van der Waals surface area contributed by atoms with E-state index >= 15 is 0 Å². The zero-order valence-corrected chi connectivity index (χ0v) is 15.9. The predicted octanol–water partition coefficient (Wildman–Crippen LogP) is 3.39. The Kier molecular flexibility index (Phi) is 5.75. The molecular formula is C18H18N4O2S2. The third kappa shape index (κ3) is 4.53. The number of hydrogen-bond acceptors (Lipinski definition) is 5. The number of rotatable bonds is 6. The minimum absolute atomic E-state index is 0.246. The van der Waals surface area contributed by atoms with Crippen molar-refractivity contribution in [1.82, 2.24) is 14.9 Å². The average molecular weight is 387 g/mol. The highest BCUT2D eigenvalue weighted by Gasteiger charge is 2.17. The van der Waals surface area contributed by atoms with Crippen molar-refractivity contribution in [3.05, 3.63) is 59.0 Å². The summed E-state index contributed by atoms with van der Waals surface area (Å²) >= 11 is 2.88. The van der Waals surface area contributed by atoms with Gasteiger partial charge in [0.2, 0.25) is 5.91 Å². The maximum Gasteiger partial charge on any atom is 0.261 e. The van der Waals surface area contributed by atoms with E-state index in [9.17, 15) is 9.59 Å². The number of thiophene rings is 1. The van der Waals surface area contributed by atoms with Crippen LogP contribution in [0.15, 0.2) is 64.2 Å². The van der Waals surface area contributed by atoms with Crippen molar-refractivity contribution >= 4 is 40.6 Å². The molecule has 0 spiro atoms. The van der Waals surface area contributed by atoms with Crippen LogP contribution in [0.25, 0.3) is 0 Å². The highest BCUT2D eigenvalue weighted by atomic mass is 32.2. The zero-order valence-electron chi connectivity index (χ0n) is 14.3. The molecule has 0 aliphatic heterocycles. The molecule has 8 heteroatoms. The van der Waals surface area contributed by atoms with E-state index in [4.69, 9.17) is 0 Å². The van der Waals surface area contributed by atoms with Crippen LogP contribution in [-0.2, 0) is 11.8 Å². The number of amides is 2. The van der Waals surface area contributed by atoms with Crippen LogP contribution in [0.5, 0.6) is 0 Å². The Morgan fingerprint density at radius 2 is 2.00 bits per heavy atom. The fourth-order valence-electron chi connectivity index (χ4n) is 2.15. The van der Waals surface area contributed by atoms with Crippen molar-refractivity contribution in [2.75, 3.05) is 5.32 Å². The third-order valence-electron chi connectivity index (χ3n) is 3.59. The van der Waals surface area contributed by atoms with Crippen LogP contribution < -0.4 is 10.6 Å². The number of anilines is 1. The van der Waals surface area contributed by atoms with Gasteiger partial charge in [-0.25, -0.2) is 4.98 Å². The van der Waals surface area contributed by atoms with Crippen LogP contribution in [0.2, 0.25) is 0 Å². The summed E-state index contributed by atoms with van der Waals surface area (Å²) in [6.45, 7) is 1.66. The molecule has 0 aliphatic rings. The molecule has 1 atom stereocenters. The normalized spacial score (nSPS) is 11.8. The number of hydrogen-bond donors (Lipinski definition) is 2. The van der Waals surface area contributed by atoms with Crippen LogP contribution in [0.4, 0.5) is 5.69 Å². The van der Waals surface area contributed by atoms with Crippen molar-refractivity contribution in [3.8, 4) is 0 Å². The van der Waals surface area contributed by atoms with Gasteiger partial charge in [0, 0.05) is 30.0 Å². The van der Waals surface area contributed by atoms with Crippen LogP contribution >= 0.6 is 23.1 Å². The molecule has 1 aromatic carbocycles. The molecule has 0 radical (unpaired) electrons. The molecule has 1 unspecified atom stereocenters. The second kappa shape index (κ2) is 8.20. The van der Waals surface area contributed by atoms with E-state index in [1.807, 2.05) is 47.5 Å². The minimum Gasteiger partial charge on any atom is -0.340 e. The van der Waals surface area contributed by atoms with Gasteiger partial charge in [0.15, 0.2) is 5.16 Å². The van der Waals surface area contributed by atoms with Gasteiger partial charge in [-0.3, -0.25) is 9.59 Å². The summed E-state index contributed by atoms with van der Waals surface area (Å²) in [5.41, 5.74) is 0.677. The van der Waals surface area contributed by atoms with E-state index in [-0.39, 0.29) is 11.8 Å². The van der Waals surface area contributed by atoms with E-state index in [2.05, 4.69) is 15.6 Å². The molecule has 2 N–H and O–H groups in total. The molecule has 6 nitrogen and oxygen atoms in total. The summed E-state index contributed by atoms with van der Waals surface area (Å²) in [6, 6.07) is 10.4.